The van der Waals surface area contributed by atoms with E-state index in [9.17, 15) is 0 Å². The zero-order valence-electron chi connectivity index (χ0n) is 10.1. The Morgan fingerprint density at radius 2 is 2.24 bits per heavy atom. The first-order chi connectivity index (χ1) is 8.40. The number of hydrogen-bond donors (Lipinski definition) is 1. The Bertz CT molecular complexity index is 437. The summed E-state index contributed by atoms with van der Waals surface area (Å²) in [5.74, 6) is 0. The summed E-state index contributed by atoms with van der Waals surface area (Å²) in [4.78, 5) is 4.33. The maximum Gasteiger partial charge on any atom is 0.123 e. The summed E-state index contributed by atoms with van der Waals surface area (Å²) in [6.07, 6.45) is 5.64. The molecule has 90 valence electrons. The van der Waals surface area contributed by atoms with E-state index in [0.717, 1.165) is 11.6 Å². The third-order valence-corrected chi connectivity index (χ3v) is 3.47. The molecule has 17 heavy (non-hydrogen) atoms. The molecule has 2 nitrogen and oxygen atoms in total. The van der Waals surface area contributed by atoms with Gasteiger partial charge in [-0.3, -0.25) is 0 Å². The smallest absolute Gasteiger partial charge is 0.123 e. The van der Waals surface area contributed by atoms with E-state index in [2.05, 4.69) is 41.5 Å². The highest BCUT2D eigenvalue weighted by molar-refractivity contribution is 7.13. The number of benzene rings is 1. The zero-order valence-corrected chi connectivity index (χ0v) is 11.0. The Labute approximate surface area is 107 Å². The molecule has 1 heterocycles. The van der Waals surface area contributed by atoms with Gasteiger partial charge in [0.1, 0.15) is 5.01 Å². The van der Waals surface area contributed by atoms with Crippen molar-refractivity contribution in [1.29, 1.82) is 0 Å². The molecule has 1 N–H and O–H groups in total. The van der Waals surface area contributed by atoms with Crippen molar-refractivity contribution in [3.8, 4) is 10.6 Å². The summed E-state index contributed by atoms with van der Waals surface area (Å²) >= 11 is 1.68. The highest BCUT2D eigenvalue weighted by Crippen LogP contribution is 2.24. The van der Waals surface area contributed by atoms with Gasteiger partial charge in [-0.15, -0.1) is 11.3 Å². The van der Waals surface area contributed by atoms with E-state index in [1.54, 1.807) is 11.3 Å². The minimum atomic E-state index is 1.05. The van der Waals surface area contributed by atoms with E-state index in [1.165, 1.54) is 30.5 Å². The first-order valence-electron chi connectivity index (χ1n) is 6.14. The predicted octanol–water partition coefficient (Wildman–Crippen LogP) is 4.41. The van der Waals surface area contributed by atoms with Gasteiger partial charge in [-0.2, -0.15) is 0 Å². The molecule has 2 rings (SSSR count). The van der Waals surface area contributed by atoms with Crippen LogP contribution in [0.1, 0.15) is 26.2 Å². The van der Waals surface area contributed by atoms with Crippen LogP contribution in [0.15, 0.2) is 35.8 Å². The molecule has 0 bridgehead atoms. The maximum atomic E-state index is 4.33. The van der Waals surface area contributed by atoms with Crippen LogP contribution in [0.5, 0.6) is 0 Å². The summed E-state index contributed by atoms with van der Waals surface area (Å²) in [6.45, 7) is 3.28. The zero-order chi connectivity index (χ0) is 11.9. The Morgan fingerprint density at radius 1 is 1.29 bits per heavy atom. The van der Waals surface area contributed by atoms with Crippen molar-refractivity contribution in [2.24, 2.45) is 0 Å². The highest BCUT2D eigenvalue weighted by Gasteiger charge is 2.00. The highest BCUT2D eigenvalue weighted by atomic mass is 32.1. The molecule has 2 aromatic rings. The normalized spacial score (nSPS) is 10.4. The lowest BCUT2D eigenvalue weighted by atomic mass is 10.2. The van der Waals surface area contributed by atoms with Gasteiger partial charge in [-0.25, -0.2) is 4.98 Å². The van der Waals surface area contributed by atoms with Gasteiger partial charge in [0.05, 0.1) is 0 Å². The minimum Gasteiger partial charge on any atom is -0.385 e. The van der Waals surface area contributed by atoms with Crippen molar-refractivity contribution >= 4 is 17.0 Å². The number of nitrogens with one attached hydrogen (secondary N) is 1. The Balaban J connectivity index is 1.97. The van der Waals surface area contributed by atoms with Gasteiger partial charge in [-0.1, -0.05) is 31.9 Å². The molecule has 0 radical (unpaired) electrons. The Kier molecular flexibility index (Phi) is 4.56. The third kappa shape index (κ3) is 3.56. The van der Waals surface area contributed by atoms with Crippen molar-refractivity contribution in [3.05, 3.63) is 35.8 Å². The van der Waals surface area contributed by atoms with Crippen LogP contribution >= 0.6 is 11.3 Å². The number of anilines is 1. The minimum absolute atomic E-state index is 1.05. The summed E-state index contributed by atoms with van der Waals surface area (Å²) in [7, 11) is 0. The van der Waals surface area contributed by atoms with Gasteiger partial charge in [0.2, 0.25) is 0 Å². The molecule has 0 saturated carbocycles. The second kappa shape index (κ2) is 6.40. The monoisotopic (exact) mass is 246 g/mol. The molecule has 0 spiro atoms. The van der Waals surface area contributed by atoms with Crippen LogP contribution < -0.4 is 5.32 Å². The average Bonchev–Trinajstić information content (AvgIpc) is 2.89. The van der Waals surface area contributed by atoms with Crippen molar-refractivity contribution < 1.29 is 0 Å². The molecule has 1 aromatic heterocycles. The molecule has 0 saturated heterocycles. The van der Waals surface area contributed by atoms with Gasteiger partial charge < -0.3 is 5.32 Å². The van der Waals surface area contributed by atoms with E-state index in [1.807, 2.05) is 11.6 Å². The van der Waals surface area contributed by atoms with Crippen LogP contribution in [-0.4, -0.2) is 11.5 Å². The molecule has 3 heteroatoms. The van der Waals surface area contributed by atoms with Gasteiger partial charge in [0, 0.05) is 29.4 Å². The van der Waals surface area contributed by atoms with Gasteiger partial charge in [0.25, 0.3) is 0 Å². The quantitative estimate of drug-likeness (QED) is 0.763. The molecule has 0 atom stereocenters. The summed E-state index contributed by atoms with van der Waals surface area (Å²) in [5, 5.41) is 6.55. The fraction of sp³-hybridized carbons (Fsp3) is 0.357. The Hall–Kier alpha value is -1.35. The number of unbranched alkanes of at least 4 members (excludes halogenated alkanes) is 2. The van der Waals surface area contributed by atoms with Crippen LogP contribution in [0, 0.1) is 0 Å². The van der Waals surface area contributed by atoms with E-state index >= 15 is 0 Å². The third-order valence-electron chi connectivity index (χ3n) is 2.65. The first kappa shape index (κ1) is 12.1. The maximum absolute atomic E-state index is 4.33. The summed E-state index contributed by atoms with van der Waals surface area (Å²) < 4.78 is 0. The molecule has 1 aromatic carbocycles. The molecular formula is C14H18N2S. The predicted molar refractivity (Wildman–Crippen MR) is 75.6 cm³/mol. The average molecular weight is 246 g/mol. The topological polar surface area (TPSA) is 24.9 Å². The first-order valence-corrected chi connectivity index (χ1v) is 7.02. The second-order valence-electron chi connectivity index (χ2n) is 4.05. The molecule has 0 aliphatic carbocycles. The van der Waals surface area contributed by atoms with Crippen LogP contribution in [0.25, 0.3) is 10.6 Å². The lowest BCUT2D eigenvalue weighted by Crippen LogP contribution is -2.00. The lowest BCUT2D eigenvalue weighted by molar-refractivity contribution is 0.744. The van der Waals surface area contributed by atoms with Gasteiger partial charge in [0.15, 0.2) is 0 Å². The molecule has 0 amide bonds. The molecule has 0 unspecified atom stereocenters. The number of thiazole rings is 1. The second-order valence-corrected chi connectivity index (χ2v) is 4.95. The fourth-order valence-electron chi connectivity index (χ4n) is 1.74. The standard InChI is InChI=1S/C14H18N2S/c1-2-3-4-8-15-13-7-5-6-12(11-13)14-16-9-10-17-14/h5-7,9-11,15H,2-4,8H2,1H3. The number of hydrogen-bond acceptors (Lipinski definition) is 3. The van der Waals surface area contributed by atoms with Crippen LogP contribution in [0.4, 0.5) is 5.69 Å². The molecule has 0 fully saturated rings. The van der Waals surface area contributed by atoms with Crippen molar-refractivity contribution in [3.63, 3.8) is 0 Å². The summed E-state index contributed by atoms with van der Waals surface area (Å²) in [5.41, 5.74) is 2.38. The van der Waals surface area contributed by atoms with E-state index < -0.39 is 0 Å². The lowest BCUT2D eigenvalue weighted by Gasteiger charge is -2.06. The SMILES string of the molecule is CCCCCNc1cccc(-c2nccs2)c1. The van der Waals surface area contributed by atoms with Crippen LogP contribution in [0.3, 0.4) is 0 Å². The van der Waals surface area contributed by atoms with Crippen molar-refractivity contribution in [2.75, 3.05) is 11.9 Å². The number of aromatic nitrogens is 1. The van der Waals surface area contributed by atoms with E-state index in [4.69, 9.17) is 0 Å². The van der Waals surface area contributed by atoms with Gasteiger partial charge in [-0.05, 0) is 18.6 Å². The van der Waals surface area contributed by atoms with Crippen molar-refractivity contribution in [2.45, 2.75) is 26.2 Å². The molecular weight excluding hydrogens is 228 g/mol. The fourth-order valence-corrected chi connectivity index (χ4v) is 2.37. The largest absolute Gasteiger partial charge is 0.385 e. The van der Waals surface area contributed by atoms with E-state index in [0.29, 0.717) is 0 Å². The molecule has 0 aliphatic rings. The van der Waals surface area contributed by atoms with Crippen LogP contribution in [-0.2, 0) is 0 Å². The summed E-state index contributed by atoms with van der Waals surface area (Å²) in [6, 6.07) is 8.47. The Morgan fingerprint density at radius 3 is 3.00 bits per heavy atom. The van der Waals surface area contributed by atoms with E-state index in [-0.39, 0.29) is 0 Å². The van der Waals surface area contributed by atoms with Crippen molar-refractivity contribution in [1.82, 2.24) is 4.98 Å². The number of rotatable bonds is 6. The number of nitrogens with zero attached hydrogens (tertiary/aromatic N) is 1. The van der Waals surface area contributed by atoms with Crippen LogP contribution in [0.2, 0.25) is 0 Å². The molecule has 0 aliphatic heterocycles. The van der Waals surface area contributed by atoms with Gasteiger partial charge >= 0.3 is 0 Å².